The largest absolute Gasteiger partial charge is 0.356 e. The molecule has 0 spiro atoms. The van der Waals surface area contributed by atoms with Gasteiger partial charge in [-0.15, -0.1) is 0 Å². The first kappa shape index (κ1) is 19.8. The van der Waals surface area contributed by atoms with E-state index in [0.29, 0.717) is 11.5 Å². The van der Waals surface area contributed by atoms with Crippen LogP contribution in [0.2, 0.25) is 0 Å². The Labute approximate surface area is 142 Å². The van der Waals surface area contributed by atoms with Gasteiger partial charge < -0.3 is 15.5 Å². The molecule has 0 aromatic carbocycles. The average Bonchev–Trinajstić information content (AvgIpc) is 2.49. The summed E-state index contributed by atoms with van der Waals surface area (Å²) in [4.78, 5) is 18.3. The monoisotopic (exact) mass is 324 g/mol. The Hall–Kier alpha value is -1.26. The molecule has 1 saturated heterocycles. The fourth-order valence-corrected chi connectivity index (χ4v) is 2.82. The molecular weight excluding hydrogens is 288 g/mol. The van der Waals surface area contributed by atoms with Gasteiger partial charge in [0.1, 0.15) is 0 Å². The van der Waals surface area contributed by atoms with Gasteiger partial charge in [0, 0.05) is 38.6 Å². The van der Waals surface area contributed by atoms with Crippen molar-refractivity contribution < 1.29 is 4.79 Å². The van der Waals surface area contributed by atoms with Crippen molar-refractivity contribution in [1.82, 2.24) is 15.5 Å². The van der Waals surface area contributed by atoms with Crippen LogP contribution < -0.4 is 10.6 Å². The maximum atomic E-state index is 12.0. The van der Waals surface area contributed by atoms with Gasteiger partial charge >= 0.3 is 0 Å². The summed E-state index contributed by atoms with van der Waals surface area (Å²) >= 11 is 0. The number of carbonyl (C=O) groups is 1. The van der Waals surface area contributed by atoms with E-state index in [-0.39, 0.29) is 11.8 Å². The molecule has 0 aromatic heterocycles. The average molecular weight is 325 g/mol. The molecule has 1 amide bonds. The number of nitrogens with zero attached hydrogens (tertiary/aromatic N) is 2. The Balaban J connectivity index is 2.29. The van der Waals surface area contributed by atoms with Crippen molar-refractivity contribution in [2.75, 3.05) is 26.7 Å². The van der Waals surface area contributed by atoms with Gasteiger partial charge in [0.05, 0.1) is 0 Å². The van der Waals surface area contributed by atoms with E-state index in [1.54, 1.807) is 0 Å². The van der Waals surface area contributed by atoms with Gasteiger partial charge in [0.25, 0.3) is 0 Å². The summed E-state index contributed by atoms with van der Waals surface area (Å²) in [7, 11) is 1.82. The molecule has 1 rings (SSSR count). The van der Waals surface area contributed by atoms with E-state index in [1.165, 1.54) is 6.42 Å². The van der Waals surface area contributed by atoms with Gasteiger partial charge in [-0.3, -0.25) is 9.79 Å². The first-order valence-corrected chi connectivity index (χ1v) is 8.99. The number of carbonyl (C=O) groups excluding carboxylic acids is 1. The molecule has 0 unspecified atom stereocenters. The molecule has 5 heteroatoms. The Kier molecular flexibility index (Phi) is 7.86. The molecule has 134 valence electrons. The molecule has 0 atom stereocenters. The number of guanidine groups is 1. The Morgan fingerprint density at radius 2 is 1.87 bits per heavy atom. The van der Waals surface area contributed by atoms with E-state index in [1.807, 2.05) is 25.8 Å². The second kappa shape index (κ2) is 9.14. The third kappa shape index (κ3) is 7.71. The summed E-state index contributed by atoms with van der Waals surface area (Å²) in [5.41, 5.74) is 0.383. The molecule has 1 fully saturated rings. The highest BCUT2D eigenvalue weighted by molar-refractivity contribution is 5.80. The van der Waals surface area contributed by atoms with Crippen LogP contribution in [0.15, 0.2) is 4.99 Å². The normalized spacial score (nSPS) is 17.5. The summed E-state index contributed by atoms with van der Waals surface area (Å²) in [6.07, 6.45) is 4.32. The summed E-state index contributed by atoms with van der Waals surface area (Å²) in [5, 5.41) is 6.89. The van der Waals surface area contributed by atoms with Crippen molar-refractivity contribution in [3.63, 3.8) is 0 Å². The lowest BCUT2D eigenvalue weighted by Gasteiger charge is -2.34. The van der Waals surface area contributed by atoms with Crippen molar-refractivity contribution in [2.45, 2.75) is 66.3 Å². The highest BCUT2D eigenvalue weighted by Crippen LogP contribution is 2.19. The predicted octanol–water partition coefficient (Wildman–Crippen LogP) is 2.62. The summed E-state index contributed by atoms with van der Waals surface area (Å²) in [5.74, 6) is 1.25. The van der Waals surface area contributed by atoms with Crippen LogP contribution in [0.4, 0.5) is 0 Å². The van der Waals surface area contributed by atoms with Crippen molar-refractivity contribution >= 4 is 11.9 Å². The van der Waals surface area contributed by atoms with Crippen LogP contribution in [0, 0.1) is 11.3 Å². The smallest absolute Gasteiger partial charge is 0.225 e. The lowest BCUT2D eigenvalue weighted by Crippen LogP contribution is -2.50. The highest BCUT2D eigenvalue weighted by Gasteiger charge is 2.24. The zero-order valence-corrected chi connectivity index (χ0v) is 15.9. The van der Waals surface area contributed by atoms with Crippen molar-refractivity contribution in [3.05, 3.63) is 0 Å². The zero-order chi connectivity index (χ0) is 17.5. The maximum Gasteiger partial charge on any atom is 0.225 e. The van der Waals surface area contributed by atoms with Gasteiger partial charge in [-0.25, -0.2) is 0 Å². The van der Waals surface area contributed by atoms with Crippen molar-refractivity contribution in [2.24, 2.45) is 16.3 Å². The summed E-state index contributed by atoms with van der Waals surface area (Å²) in [6.45, 7) is 13.4. The number of nitrogens with one attached hydrogen (secondary N) is 2. The molecule has 0 aliphatic carbocycles. The second-order valence-corrected chi connectivity index (χ2v) is 8.06. The minimum Gasteiger partial charge on any atom is -0.356 e. The number of aliphatic imine (C=N–C) groups is 1. The molecule has 1 aliphatic heterocycles. The van der Waals surface area contributed by atoms with Crippen LogP contribution in [-0.4, -0.2) is 49.5 Å². The SMILES string of the molecule is CN=C(NCCCC(C)(C)C)NC1CCN(C(=O)C(C)C)CC1. The number of hydrogen-bond donors (Lipinski definition) is 2. The molecule has 0 aromatic rings. The van der Waals surface area contributed by atoms with E-state index in [0.717, 1.165) is 44.9 Å². The van der Waals surface area contributed by atoms with Gasteiger partial charge in [-0.05, 0) is 31.1 Å². The van der Waals surface area contributed by atoms with E-state index in [2.05, 4.69) is 36.4 Å². The lowest BCUT2D eigenvalue weighted by atomic mass is 9.91. The van der Waals surface area contributed by atoms with E-state index in [4.69, 9.17) is 0 Å². The topological polar surface area (TPSA) is 56.7 Å². The fourth-order valence-electron chi connectivity index (χ4n) is 2.82. The first-order valence-electron chi connectivity index (χ1n) is 8.99. The van der Waals surface area contributed by atoms with E-state index < -0.39 is 0 Å². The minimum absolute atomic E-state index is 0.0942. The van der Waals surface area contributed by atoms with Crippen molar-refractivity contribution in [3.8, 4) is 0 Å². The lowest BCUT2D eigenvalue weighted by molar-refractivity contribution is -0.135. The molecule has 1 heterocycles. The third-order valence-electron chi connectivity index (χ3n) is 4.26. The third-order valence-corrected chi connectivity index (χ3v) is 4.26. The molecule has 23 heavy (non-hydrogen) atoms. The number of amides is 1. The Morgan fingerprint density at radius 3 is 2.35 bits per heavy atom. The standard InChI is InChI=1S/C18H36N4O/c1-14(2)16(23)22-12-8-15(9-13-22)21-17(19-6)20-11-7-10-18(3,4)5/h14-15H,7-13H2,1-6H3,(H2,19,20,21). The number of hydrogen-bond acceptors (Lipinski definition) is 2. The second-order valence-electron chi connectivity index (χ2n) is 8.06. The molecule has 2 N–H and O–H groups in total. The maximum absolute atomic E-state index is 12.0. The Bertz CT molecular complexity index is 390. The predicted molar refractivity (Wildman–Crippen MR) is 97.6 cm³/mol. The minimum atomic E-state index is 0.0942. The van der Waals surface area contributed by atoms with Crippen LogP contribution in [0.25, 0.3) is 0 Å². The van der Waals surface area contributed by atoms with Crippen LogP contribution in [0.1, 0.15) is 60.3 Å². The number of rotatable bonds is 5. The van der Waals surface area contributed by atoms with Crippen LogP contribution in [-0.2, 0) is 4.79 Å². The molecule has 5 nitrogen and oxygen atoms in total. The quantitative estimate of drug-likeness (QED) is 0.464. The van der Waals surface area contributed by atoms with Gasteiger partial charge in [-0.2, -0.15) is 0 Å². The van der Waals surface area contributed by atoms with Gasteiger partial charge in [-0.1, -0.05) is 34.6 Å². The molecule has 0 saturated carbocycles. The summed E-state index contributed by atoms with van der Waals surface area (Å²) < 4.78 is 0. The van der Waals surface area contributed by atoms with Crippen molar-refractivity contribution in [1.29, 1.82) is 0 Å². The fraction of sp³-hybridized carbons (Fsp3) is 0.889. The molecule has 1 aliphatic rings. The van der Waals surface area contributed by atoms with Gasteiger partial charge in [0.2, 0.25) is 5.91 Å². The van der Waals surface area contributed by atoms with Gasteiger partial charge in [0.15, 0.2) is 5.96 Å². The molecule has 0 radical (unpaired) electrons. The van der Waals surface area contributed by atoms with E-state index >= 15 is 0 Å². The zero-order valence-electron chi connectivity index (χ0n) is 15.9. The van der Waals surface area contributed by atoms with Crippen LogP contribution in [0.5, 0.6) is 0 Å². The van der Waals surface area contributed by atoms with Crippen LogP contribution >= 0.6 is 0 Å². The van der Waals surface area contributed by atoms with E-state index in [9.17, 15) is 4.79 Å². The number of piperidine rings is 1. The molecule has 0 bridgehead atoms. The van der Waals surface area contributed by atoms with Crippen LogP contribution in [0.3, 0.4) is 0 Å². The first-order chi connectivity index (χ1) is 10.7. The summed E-state index contributed by atoms with van der Waals surface area (Å²) in [6, 6.07) is 0.403. The Morgan fingerprint density at radius 1 is 1.26 bits per heavy atom. The highest BCUT2D eigenvalue weighted by atomic mass is 16.2. The number of likely N-dealkylation sites (tertiary alicyclic amines) is 1. The molecular formula is C18H36N4O.